The molecule has 1 amide bonds. The lowest BCUT2D eigenvalue weighted by atomic mass is 9.98. The van der Waals surface area contributed by atoms with Crippen LogP contribution < -0.4 is 5.32 Å². The average molecular weight is 409 g/mol. The van der Waals surface area contributed by atoms with E-state index in [1.165, 1.54) is 0 Å². The number of imidazole rings is 1. The highest BCUT2D eigenvalue weighted by atomic mass is 16.2. The molecule has 0 spiro atoms. The molecule has 1 aromatic heterocycles. The van der Waals surface area contributed by atoms with Crippen LogP contribution in [-0.2, 0) is 6.54 Å². The Balaban J connectivity index is 1.57. The van der Waals surface area contributed by atoms with E-state index in [2.05, 4.69) is 10.3 Å². The molecule has 0 saturated carbocycles. The van der Waals surface area contributed by atoms with Crippen LogP contribution in [0.1, 0.15) is 26.3 Å². The molecule has 0 aliphatic carbocycles. The summed E-state index contributed by atoms with van der Waals surface area (Å²) in [5.41, 5.74) is 4.10. The minimum atomic E-state index is -0.711. The van der Waals surface area contributed by atoms with E-state index in [1.807, 2.05) is 73.7 Å². The van der Waals surface area contributed by atoms with Gasteiger partial charge in [0.15, 0.2) is 5.78 Å². The number of nitrogens with zero attached hydrogens (tertiary/aromatic N) is 2. The third kappa shape index (κ3) is 4.78. The maximum atomic E-state index is 13.1. The van der Waals surface area contributed by atoms with Crippen LogP contribution in [0.15, 0.2) is 97.6 Å². The lowest BCUT2D eigenvalue weighted by Crippen LogP contribution is -2.43. The number of benzene rings is 3. The van der Waals surface area contributed by atoms with Crippen molar-refractivity contribution in [1.82, 2.24) is 14.9 Å². The van der Waals surface area contributed by atoms with E-state index in [0.717, 1.165) is 16.7 Å². The van der Waals surface area contributed by atoms with Crippen molar-refractivity contribution < 1.29 is 9.59 Å². The third-order valence-electron chi connectivity index (χ3n) is 5.21. The number of hydrogen-bond acceptors (Lipinski definition) is 3. The molecule has 4 rings (SSSR count). The summed E-state index contributed by atoms with van der Waals surface area (Å²) in [6.07, 6.45) is 5.06. The van der Waals surface area contributed by atoms with E-state index in [4.69, 9.17) is 0 Å². The molecule has 154 valence electrons. The van der Waals surface area contributed by atoms with Gasteiger partial charge in [0, 0.05) is 23.5 Å². The van der Waals surface area contributed by atoms with Gasteiger partial charge in [0.25, 0.3) is 5.91 Å². The van der Waals surface area contributed by atoms with Gasteiger partial charge < -0.3 is 9.88 Å². The number of aromatic nitrogens is 2. The molecule has 0 saturated heterocycles. The van der Waals surface area contributed by atoms with Gasteiger partial charge in [-0.15, -0.1) is 0 Å². The Morgan fingerprint density at radius 2 is 1.65 bits per heavy atom. The number of nitrogens with one attached hydrogen (secondary N) is 1. The molecule has 1 N–H and O–H groups in total. The molecular formula is C26H23N3O2. The highest BCUT2D eigenvalue weighted by Gasteiger charge is 2.24. The topological polar surface area (TPSA) is 64.0 Å². The number of carbonyl (C=O) groups is 2. The molecule has 0 bridgehead atoms. The molecule has 0 aliphatic rings. The maximum absolute atomic E-state index is 13.1. The van der Waals surface area contributed by atoms with Gasteiger partial charge in [0.2, 0.25) is 0 Å². The fourth-order valence-electron chi connectivity index (χ4n) is 3.57. The minimum absolute atomic E-state index is 0.138. The second-order valence-corrected chi connectivity index (χ2v) is 7.41. The smallest absolute Gasteiger partial charge is 0.252 e. The van der Waals surface area contributed by atoms with Crippen molar-refractivity contribution in [1.29, 1.82) is 0 Å². The zero-order valence-corrected chi connectivity index (χ0v) is 17.2. The van der Waals surface area contributed by atoms with E-state index in [1.54, 1.807) is 35.4 Å². The first-order valence-electron chi connectivity index (χ1n) is 10.1. The van der Waals surface area contributed by atoms with Crippen LogP contribution in [0.3, 0.4) is 0 Å². The van der Waals surface area contributed by atoms with E-state index >= 15 is 0 Å². The van der Waals surface area contributed by atoms with Crippen LogP contribution in [0, 0.1) is 6.92 Å². The Morgan fingerprint density at radius 3 is 2.29 bits per heavy atom. The molecule has 4 aromatic rings. The van der Waals surface area contributed by atoms with Gasteiger partial charge in [-0.05, 0) is 29.7 Å². The van der Waals surface area contributed by atoms with Gasteiger partial charge in [0.1, 0.15) is 6.04 Å². The molecule has 31 heavy (non-hydrogen) atoms. The highest BCUT2D eigenvalue weighted by Crippen LogP contribution is 2.22. The Kier molecular flexibility index (Phi) is 6.03. The van der Waals surface area contributed by atoms with Crippen LogP contribution in [0.2, 0.25) is 0 Å². The number of ketones is 1. The Bertz CT molecular complexity index is 1170. The van der Waals surface area contributed by atoms with Gasteiger partial charge in [0.05, 0.1) is 12.9 Å². The van der Waals surface area contributed by atoms with Crippen LogP contribution in [0.25, 0.3) is 11.1 Å². The molecule has 0 fully saturated rings. The average Bonchev–Trinajstić information content (AvgIpc) is 3.32. The van der Waals surface area contributed by atoms with Crippen LogP contribution in [0.5, 0.6) is 0 Å². The molecule has 5 nitrogen and oxygen atoms in total. The fraction of sp³-hybridized carbons (Fsp3) is 0.115. The summed E-state index contributed by atoms with van der Waals surface area (Å²) >= 11 is 0. The lowest BCUT2D eigenvalue weighted by molar-refractivity contribution is 0.0847. The summed E-state index contributed by atoms with van der Waals surface area (Å²) in [6.45, 7) is 2.21. The van der Waals surface area contributed by atoms with Crippen LogP contribution >= 0.6 is 0 Å². The van der Waals surface area contributed by atoms with Crippen molar-refractivity contribution in [2.75, 3.05) is 0 Å². The predicted molar refractivity (Wildman–Crippen MR) is 121 cm³/mol. The van der Waals surface area contributed by atoms with E-state index in [-0.39, 0.29) is 11.7 Å². The Morgan fingerprint density at radius 1 is 0.935 bits per heavy atom. The lowest BCUT2D eigenvalue weighted by Gasteiger charge is -2.19. The summed E-state index contributed by atoms with van der Waals surface area (Å²) in [4.78, 5) is 30.2. The van der Waals surface area contributed by atoms with Crippen LogP contribution in [-0.4, -0.2) is 27.3 Å². The number of hydrogen-bond donors (Lipinski definition) is 1. The SMILES string of the molecule is Cc1cc(-c2ccccc2)ccc1C(=O)NC(Cn1ccnc1)C(=O)c1ccccc1. The first-order valence-corrected chi connectivity index (χ1v) is 10.1. The Labute approximate surface area is 181 Å². The van der Waals surface area contributed by atoms with E-state index in [9.17, 15) is 9.59 Å². The number of amides is 1. The van der Waals surface area contributed by atoms with Crippen molar-refractivity contribution in [3.8, 4) is 11.1 Å². The number of aryl methyl sites for hydroxylation is 1. The first-order chi connectivity index (χ1) is 15.1. The molecule has 0 radical (unpaired) electrons. The molecule has 1 heterocycles. The summed E-state index contributed by atoms with van der Waals surface area (Å²) in [6, 6.07) is 24.1. The summed E-state index contributed by atoms with van der Waals surface area (Å²) in [5.74, 6) is -0.410. The fourth-order valence-corrected chi connectivity index (χ4v) is 3.57. The van der Waals surface area contributed by atoms with Crippen molar-refractivity contribution in [3.63, 3.8) is 0 Å². The number of carbonyl (C=O) groups excluding carboxylic acids is 2. The molecule has 0 aliphatic heterocycles. The van der Waals surface area contributed by atoms with E-state index < -0.39 is 6.04 Å². The second kappa shape index (κ2) is 9.22. The predicted octanol–water partition coefficient (Wildman–Crippen LogP) is 4.54. The molecule has 5 heteroatoms. The summed E-state index contributed by atoms with van der Waals surface area (Å²) < 4.78 is 1.79. The van der Waals surface area contributed by atoms with Gasteiger partial charge >= 0.3 is 0 Å². The van der Waals surface area contributed by atoms with Crippen LogP contribution in [0.4, 0.5) is 0 Å². The zero-order chi connectivity index (χ0) is 21.6. The van der Waals surface area contributed by atoms with Crippen molar-refractivity contribution in [3.05, 3.63) is 114 Å². The van der Waals surface area contributed by atoms with Gasteiger partial charge in [-0.1, -0.05) is 72.8 Å². The quantitative estimate of drug-likeness (QED) is 0.456. The molecule has 3 aromatic carbocycles. The monoisotopic (exact) mass is 409 g/mol. The normalized spacial score (nSPS) is 11.6. The highest BCUT2D eigenvalue weighted by molar-refractivity contribution is 6.04. The van der Waals surface area contributed by atoms with Gasteiger partial charge in [-0.2, -0.15) is 0 Å². The standard InChI is InChI=1S/C26H23N3O2/c1-19-16-22(20-8-4-2-5-9-20)12-13-23(19)26(31)28-24(17-29-15-14-27-18-29)25(30)21-10-6-3-7-11-21/h2-16,18,24H,17H2,1H3,(H,28,31). The van der Waals surface area contributed by atoms with Gasteiger partial charge in [-0.25, -0.2) is 4.98 Å². The van der Waals surface area contributed by atoms with Crippen molar-refractivity contribution >= 4 is 11.7 Å². The zero-order valence-electron chi connectivity index (χ0n) is 17.2. The van der Waals surface area contributed by atoms with Crippen molar-refractivity contribution in [2.45, 2.75) is 19.5 Å². The third-order valence-corrected chi connectivity index (χ3v) is 5.21. The minimum Gasteiger partial charge on any atom is -0.340 e. The number of Topliss-reactive ketones (excluding diaryl/α,β-unsaturated/α-hetero) is 1. The first kappa shape index (κ1) is 20.3. The Hall–Kier alpha value is -3.99. The van der Waals surface area contributed by atoms with Gasteiger partial charge in [-0.3, -0.25) is 9.59 Å². The second-order valence-electron chi connectivity index (χ2n) is 7.41. The molecule has 1 atom stereocenters. The number of rotatable bonds is 7. The van der Waals surface area contributed by atoms with E-state index in [0.29, 0.717) is 17.7 Å². The largest absolute Gasteiger partial charge is 0.340 e. The molecular weight excluding hydrogens is 386 g/mol. The molecule has 1 unspecified atom stereocenters. The summed E-state index contributed by atoms with van der Waals surface area (Å²) in [7, 11) is 0. The van der Waals surface area contributed by atoms with Crippen molar-refractivity contribution in [2.24, 2.45) is 0 Å². The maximum Gasteiger partial charge on any atom is 0.252 e. The summed E-state index contributed by atoms with van der Waals surface area (Å²) in [5, 5.41) is 2.93.